The molecular weight excluding hydrogens is 268 g/mol. The van der Waals surface area contributed by atoms with Gasteiger partial charge in [0.25, 0.3) is 0 Å². The van der Waals surface area contributed by atoms with Gasteiger partial charge in [0, 0.05) is 6.54 Å². The number of nitrogens with zero attached hydrogens (tertiary/aromatic N) is 3. The predicted molar refractivity (Wildman–Crippen MR) is 73.5 cm³/mol. The molecule has 6 nitrogen and oxygen atoms in total. The summed E-state index contributed by atoms with van der Waals surface area (Å²) in [6, 6.07) is 0. The fourth-order valence-corrected chi connectivity index (χ4v) is 2.39. The Balaban J connectivity index is 2.08. The minimum absolute atomic E-state index is 0.0191. The molecule has 0 atom stereocenters. The largest absolute Gasteiger partial charge is 0.364 e. The lowest BCUT2D eigenvalue weighted by atomic mass is 10.2. The summed E-state index contributed by atoms with van der Waals surface area (Å²) < 4.78 is 0. The predicted octanol–water partition coefficient (Wildman–Crippen LogP) is 3.26. The third-order valence-electron chi connectivity index (χ3n) is 3.09. The number of nitro groups is 1. The third kappa shape index (κ3) is 3.41. The summed E-state index contributed by atoms with van der Waals surface area (Å²) in [7, 11) is 0. The summed E-state index contributed by atoms with van der Waals surface area (Å²) in [4.78, 5) is 18.2. The summed E-state index contributed by atoms with van der Waals surface area (Å²) in [5, 5.41) is 14.0. The zero-order valence-electron chi connectivity index (χ0n) is 10.6. The highest BCUT2D eigenvalue weighted by Gasteiger charge is 2.21. The summed E-state index contributed by atoms with van der Waals surface area (Å²) >= 11 is 5.74. The molecule has 0 radical (unpaired) electrons. The lowest BCUT2D eigenvalue weighted by Gasteiger charge is -2.08. The first kappa shape index (κ1) is 13.7. The maximum absolute atomic E-state index is 11.0. The van der Waals surface area contributed by atoms with Gasteiger partial charge in [0.15, 0.2) is 0 Å². The van der Waals surface area contributed by atoms with Gasteiger partial charge in [-0.05, 0) is 44.2 Å². The van der Waals surface area contributed by atoms with Crippen molar-refractivity contribution in [1.82, 2.24) is 9.97 Å². The van der Waals surface area contributed by atoms with Crippen molar-refractivity contribution in [3.63, 3.8) is 0 Å². The van der Waals surface area contributed by atoms with E-state index in [-0.39, 0.29) is 22.5 Å². The molecule has 1 heterocycles. The molecule has 0 bridgehead atoms. The standard InChI is InChI=1S/C12H15ClN4O2/c1-8-10(17(18)19)11(16-12(13)15-8)14-7-6-9-4-2-3-5-9/h4H,2-3,5-7H2,1H3,(H,14,15,16). The second-order valence-electron chi connectivity index (χ2n) is 4.46. The minimum atomic E-state index is -0.483. The van der Waals surface area contributed by atoms with Crippen LogP contribution in [0.15, 0.2) is 11.6 Å². The van der Waals surface area contributed by atoms with E-state index in [1.165, 1.54) is 12.0 Å². The highest BCUT2D eigenvalue weighted by Crippen LogP contribution is 2.27. The van der Waals surface area contributed by atoms with E-state index in [1.807, 2.05) is 0 Å². The first-order chi connectivity index (χ1) is 9.08. The molecule has 0 saturated carbocycles. The summed E-state index contributed by atoms with van der Waals surface area (Å²) in [6.45, 7) is 2.16. The Bertz CT molecular complexity index is 531. The number of anilines is 1. The maximum atomic E-state index is 11.0. The number of allylic oxidation sites excluding steroid dienone is 1. The van der Waals surface area contributed by atoms with Crippen LogP contribution in [0.3, 0.4) is 0 Å². The first-order valence-electron chi connectivity index (χ1n) is 6.18. The summed E-state index contributed by atoms with van der Waals surface area (Å²) in [5.41, 5.74) is 1.56. The second kappa shape index (κ2) is 5.97. The van der Waals surface area contributed by atoms with Crippen LogP contribution in [0.2, 0.25) is 5.28 Å². The van der Waals surface area contributed by atoms with Gasteiger partial charge in [-0.3, -0.25) is 10.1 Å². The van der Waals surface area contributed by atoms with Gasteiger partial charge in [-0.1, -0.05) is 11.6 Å². The fraction of sp³-hybridized carbons (Fsp3) is 0.500. The van der Waals surface area contributed by atoms with Crippen LogP contribution in [0, 0.1) is 17.0 Å². The van der Waals surface area contributed by atoms with Crippen LogP contribution >= 0.6 is 11.6 Å². The van der Waals surface area contributed by atoms with Crippen molar-refractivity contribution in [2.45, 2.75) is 32.6 Å². The van der Waals surface area contributed by atoms with Crippen LogP contribution in [0.1, 0.15) is 31.4 Å². The quantitative estimate of drug-likeness (QED) is 0.388. The van der Waals surface area contributed by atoms with Gasteiger partial charge >= 0.3 is 5.69 Å². The van der Waals surface area contributed by atoms with Gasteiger partial charge < -0.3 is 5.32 Å². The molecule has 1 aromatic rings. The van der Waals surface area contributed by atoms with Gasteiger partial charge in [0.1, 0.15) is 5.69 Å². The molecule has 0 aliphatic heterocycles. The second-order valence-corrected chi connectivity index (χ2v) is 4.80. The Morgan fingerprint density at radius 2 is 2.32 bits per heavy atom. The molecule has 0 fully saturated rings. The zero-order chi connectivity index (χ0) is 13.8. The number of halogens is 1. The molecule has 0 unspecified atom stereocenters. The minimum Gasteiger partial charge on any atom is -0.364 e. The van der Waals surface area contributed by atoms with Gasteiger partial charge in [0.2, 0.25) is 11.1 Å². The van der Waals surface area contributed by atoms with Crippen LogP contribution in [0.4, 0.5) is 11.5 Å². The van der Waals surface area contributed by atoms with E-state index in [9.17, 15) is 10.1 Å². The maximum Gasteiger partial charge on any atom is 0.332 e. The van der Waals surface area contributed by atoms with Gasteiger partial charge in [-0.15, -0.1) is 0 Å². The highest BCUT2D eigenvalue weighted by molar-refractivity contribution is 6.28. The number of hydrogen-bond donors (Lipinski definition) is 1. The molecule has 2 rings (SSSR count). The fourth-order valence-electron chi connectivity index (χ4n) is 2.18. The molecule has 0 saturated heterocycles. The molecule has 0 aromatic carbocycles. The molecule has 1 aliphatic carbocycles. The van der Waals surface area contributed by atoms with Crippen molar-refractivity contribution in [3.05, 3.63) is 32.7 Å². The molecule has 0 amide bonds. The number of hydrogen-bond acceptors (Lipinski definition) is 5. The van der Waals surface area contributed by atoms with Crippen molar-refractivity contribution in [3.8, 4) is 0 Å². The molecule has 1 aromatic heterocycles. The Labute approximate surface area is 116 Å². The Hall–Kier alpha value is -1.69. The van der Waals surface area contributed by atoms with E-state index in [0.29, 0.717) is 6.54 Å². The first-order valence-corrected chi connectivity index (χ1v) is 6.56. The Kier molecular flexibility index (Phi) is 4.31. The number of nitrogens with one attached hydrogen (secondary N) is 1. The van der Waals surface area contributed by atoms with Crippen molar-refractivity contribution in [2.75, 3.05) is 11.9 Å². The number of aromatic nitrogens is 2. The van der Waals surface area contributed by atoms with Crippen molar-refractivity contribution in [2.24, 2.45) is 0 Å². The summed E-state index contributed by atoms with van der Waals surface area (Å²) in [5.74, 6) is 0.195. The van der Waals surface area contributed by atoms with Crippen LogP contribution in [-0.4, -0.2) is 21.4 Å². The molecule has 0 spiro atoms. The zero-order valence-corrected chi connectivity index (χ0v) is 11.4. The number of rotatable bonds is 5. The van der Waals surface area contributed by atoms with E-state index in [4.69, 9.17) is 11.6 Å². The molecular formula is C12H15ClN4O2. The van der Waals surface area contributed by atoms with Crippen LogP contribution < -0.4 is 5.32 Å². The molecule has 19 heavy (non-hydrogen) atoms. The van der Waals surface area contributed by atoms with Crippen molar-refractivity contribution in [1.29, 1.82) is 0 Å². The van der Waals surface area contributed by atoms with Crippen molar-refractivity contribution >= 4 is 23.1 Å². The lowest BCUT2D eigenvalue weighted by Crippen LogP contribution is -2.09. The van der Waals surface area contributed by atoms with Crippen LogP contribution in [0.5, 0.6) is 0 Å². The van der Waals surface area contributed by atoms with Crippen LogP contribution in [-0.2, 0) is 0 Å². The van der Waals surface area contributed by atoms with Gasteiger partial charge in [0.05, 0.1) is 4.92 Å². The van der Waals surface area contributed by atoms with E-state index in [0.717, 1.165) is 19.3 Å². The van der Waals surface area contributed by atoms with E-state index in [1.54, 1.807) is 6.92 Å². The average molecular weight is 283 g/mol. The molecule has 1 N–H and O–H groups in total. The highest BCUT2D eigenvalue weighted by atomic mass is 35.5. The number of aryl methyl sites for hydroxylation is 1. The van der Waals surface area contributed by atoms with Gasteiger partial charge in [-0.25, -0.2) is 4.98 Å². The SMILES string of the molecule is Cc1nc(Cl)nc(NCCC2=CCCC2)c1[N+](=O)[O-]. The van der Waals surface area contributed by atoms with Gasteiger partial charge in [-0.2, -0.15) is 4.98 Å². The lowest BCUT2D eigenvalue weighted by molar-refractivity contribution is -0.385. The molecule has 1 aliphatic rings. The van der Waals surface area contributed by atoms with Crippen molar-refractivity contribution < 1.29 is 4.92 Å². The normalized spacial score (nSPS) is 14.3. The third-order valence-corrected chi connectivity index (χ3v) is 3.26. The average Bonchev–Trinajstić information content (AvgIpc) is 2.80. The Morgan fingerprint density at radius 3 is 2.95 bits per heavy atom. The van der Waals surface area contributed by atoms with E-state index < -0.39 is 4.92 Å². The topological polar surface area (TPSA) is 81.0 Å². The monoisotopic (exact) mass is 282 g/mol. The van der Waals surface area contributed by atoms with E-state index >= 15 is 0 Å². The molecule has 102 valence electrons. The summed E-state index contributed by atoms with van der Waals surface area (Å²) in [6.07, 6.45) is 6.56. The molecule has 7 heteroatoms. The van der Waals surface area contributed by atoms with Crippen LogP contribution in [0.25, 0.3) is 0 Å². The smallest absolute Gasteiger partial charge is 0.332 e. The van der Waals surface area contributed by atoms with E-state index in [2.05, 4.69) is 21.4 Å². The Morgan fingerprint density at radius 1 is 1.53 bits per heavy atom.